The van der Waals surface area contributed by atoms with Crippen LogP contribution in [0.3, 0.4) is 0 Å². The number of nitrogens with one attached hydrogen (secondary N) is 1. The minimum absolute atomic E-state index is 0.0565. The van der Waals surface area contributed by atoms with Gasteiger partial charge in [0.05, 0.1) is 18.0 Å². The number of hydrogen-bond donors (Lipinski definition) is 1. The molecular formula is C37H37F9N2O5S. The quantitative estimate of drug-likeness (QED) is 0.150. The first-order chi connectivity index (χ1) is 25.2. The summed E-state index contributed by atoms with van der Waals surface area (Å²) in [4.78, 5) is 26.0. The second-order valence-corrected chi connectivity index (χ2v) is 16.0. The Bertz CT molecular complexity index is 1890. The molecule has 17 heteroatoms. The average molecular weight is 793 g/mol. The molecular weight excluding hydrogens is 755 g/mol. The maximum Gasteiger partial charge on any atom is 0.430 e. The number of likely N-dealkylation sites (tertiary alicyclic amines) is 1. The molecule has 0 bridgehead atoms. The molecule has 5 rings (SSSR count). The largest absolute Gasteiger partial charge is 0.430 e. The number of rotatable bonds is 12. The van der Waals surface area contributed by atoms with Crippen molar-refractivity contribution in [2.24, 2.45) is 5.92 Å². The zero-order valence-corrected chi connectivity index (χ0v) is 29.7. The second-order valence-electron chi connectivity index (χ2n) is 13.8. The number of halogens is 9. The number of sulfone groups is 1. The molecule has 54 heavy (non-hydrogen) atoms. The lowest BCUT2D eigenvalue weighted by atomic mass is 9.79. The summed E-state index contributed by atoms with van der Waals surface area (Å²) in [7, 11) is -2.81. The first-order valence-corrected chi connectivity index (χ1v) is 18.5. The van der Waals surface area contributed by atoms with Gasteiger partial charge in [0.25, 0.3) is 5.60 Å². The first kappa shape index (κ1) is 41.2. The molecule has 0 radical (unpaired) electrons. The molecule has 2 fully saturated rings. The van der Waals surface area contributed by atoms with Crippen LogP contribution in [0, 0.1) is 23.4 Å². The Morgan fingerprint density at radius 1 is 0.870 bits per heavy atom. The normalized spacial score (nSPS) is 21.7. The van der Waals surface area contributed by atoms with Crippen molar-refractivity contribution < 1.29 is 62.3 Å². The highest BCUT2D eigenvalue weighted by atomic mass is 32.2. The van der Waals surface area contributed by atoms with E-state index in [-0.39, 0.29) is 79.2 Å². The number of benzene rings is 3. The van der Waals surface area contributed by atoms with Gasteiger partial charge in [-0.05, 0) is 80.0 Å². The molecule has 3 aromatic carbocycles. The van der Waals surface area contributed by atoms with E-state index in [9.17, 15) is 57.5 Å². The van der Waals surface area contributed by atoms with Crippen molar-refractivity contribution in [1.29, 1.82) is 0 Å². The van der Waals surface area contributed by atoms with Gasteiger partial charge < -0.3 is 15.0 Å². The van der Waals surface area contributed by atoms with Crippen molar-refractivity contribution in [3.8, 4) is 0 Å². The highest BCUT2D eigenvalue weighted by Gasteiger charge is 2.73. The molecule has 294 valence electrons. The molecule has 0 aromatic heterocycles. The van der Waals surface area contributed by atoms with Gasteiger partial charge in [-0.2, -0.15) is 26.3 Å². The summed E-state index contributed by atoms with van der Waals surface area (Å²) < 4.78 is 161. The van der Waals surface area contributed by atoms with E-state index in [1.54, 1.807) is 11.9 Å². The Morgan fingerprint density at radius 2 is 1.44 bits per heavy atom. The summed E-state index contributed by atoms with van der Waals surface area (Å²) in [5, 5.41) is 3.11. The smallest absolute Gasteiger partial charge is 0.349 e. The number of carbonyl (C=O) groups is 2. The van der Waals surface area contributed by atoms with Crippen LogP contribution in [0.2, 0.25) is 0 Å². The fourth-order valence-corrected chi connectivity index (χ4v) is 9.43. The molecule has 1 heterocycles. The molecule has 1 N–H and O–H groups in total. The Kier molecular flexibility index (Phi) is 11.9. The van der Waals surface area contributed by atoms with Crippen LogP contribution in [0.1, 0.15) is 61.6 Å². The number of carbonyl (C=O) groups excluding carboxylic acids is 2. The van der Waals surface area contributed by atoms with Gasteiger partial charge in [0.1, 0.15) is 28.0 Å². The van der Waals surface area contributed by atoms with E-state index in [0.717, 1.165) is 42.5 Å². The Morgan fingerprint density at radius 3 is 1.98 bits per heavy atom. The summed E-state index contributed by atoms with van der Waals surface area (Å²) >= 11 is 0. The number of alkyl halides is 6. The van der Waals surface area contributed by atoms with E-state index < -0.39 is 67.7 Å². The predicted octanol–water partition coefficient (Wildman–Crippen LogP) is 7.67. The monoisotopic (exact) mass is 792 g/mol. The van der Waals surface area contributed by atoms with Crippen LogP contribution in [0.25, 0.3) is 0 Å². The topological polar surface area (TPSA) is 92.8 Å². The number of ketones is 1. The molecule has 1 saturated carbocycles. The average Bonchev–Trinajstić information content (AvgIpc) is 3.10. The summed E-state index contributed by atoms with van der Waals surface area (Å²) in [5.74, 6) is -3.93. The molecule has 1 saturated heterocycles. The third-order valence-electron chi connectivity index (χ3n) is 10.4. The van der Waals surface area contributed by atoms with E-state index in [1.165, 1.54) is 0 Å². The fraction of sp³-hybridized carbons (Fsp3) is 0.459. The van der Waals surface area contributed by atoms with Gasteiger partial charge in [-0.15, -0.1) is 0 Å². The van der Waals surface area contributed by atoms with Crippen LogP contribution in [0.4, 0.5) is 39.5 Å². The van der Waals surface area contributed by atoms with Crippen molar-refractivity contribution >= 4 is 21.5 Å². The molecule has 0 spiro atoms. The van der Waals surface area contributed by atoms with E-state index in [0.29, 0.717) is 37.2 Å². The van der Waals surface area contributed by atoms with Gasteiger partial charge in [0.15, 0.2) is 9.84 Å². The molecule has 1 amide bonds. The highest BCUT2D eigenvalue weighted by Crippen LogP contribution is 2.54. The van der Waals surface area contributed by atoms with Crippen LogP contribution in [-0.4, -0.2) is 63.5 Å². The molecule has 3 aromatic rings. The van der Waals surface area contributed by atoms with Crippen LogP contribution in [0.15, 0.2) is 71.6 Å². The number of Topliss-reactive ketones (excluding diaryl/α,β-unsaturated/α-hetero) is 1. The maximum absolute atomic E-state index is 14.6. The van der Waals surface area contributed by atoms with Crippen molar-refractivity contribution in [2.75, 3.05) is 20.1 Å². The first-order valence-electron chi connectivity index (χ1n) is 17.0. The second kappa shape index (κ2) is 15.6. The van der Waals surface area contributed by atoms with E-state index >= 15 is 0 Å². The van der Waals surface area contributed by atoms with Crippen LogP contribution in [-0.2, 0) is 41.1 Å². The third kappa shape index (κ3) is 8.03. The van der Waals surface area contributed by atoms with E-state index in [1.807, 2.05) is 0 Å². The fourth-order valence-electron chi connectivity index (χ4n) is 7.27. The van der Waals surface area contributed by atoms with Crippen molar-refractivity contribution in [3.63, 3.8) is 0 Å². The summed E-state index contributed by atoms with van der Waals surface area (Å²) in [5.41, 5.74) is -7.92. The van der Waals surface area contributed by atoms with Crippen molar-refractivity contribution in [2.45, 2.75) is 85.2 Å². The number of ether oxygens (including phenoxy) is 1. The predicted molar refractivity (Wildman–Crippen MR) is 177 cm³/mol. The lowest BCUT2D eigenvalue weighted by Crippen LogP contribution is -2.56. The van der Waals surface area contributed by atoms with Gasteiger partial charge >= 0.3 is 12.4 Å². The van der Waals surface area contributed by atoms with Crippen molar-refractivity contribution in [1.82, 2.24) is 10.2 Å². The lowest BCUT2D eigenvalue weighted by molar-refractivity contribution is -0.392. The minimum Gasteiger partial charge on any atom is -0.349 e. The SMILES string of the molecule is CN1CCC(CC(=O)CNC2CCC(c3ccc(C(OCc4c(F)cccc4F)(C(F)(F)F)C(F)(F)F)cc3)(S(=O)(=O)c3ccc(F)cc3)CC2)CC1=O. The highest BCUT2D eigenvalue weighted by molar-refractivity contribution is 7.92. The number of piperidine rings is 1. The molecule has 2 aliphatic rings. The maximum atomic E-state index is 14.6. The lowest BCUT2D eigenvalue weighted by Gasteiger charge is -2.41. The number of amides is 1. The standard InChI is InChI=1S/C37H37F9N2O5S/c1-48-18-15-23(20-33(48)50)19-28(49)21-47-27-13-16-34(17-14-27,54(51,52)29-11-9-26(38)10-12-29)24-5-7-25(8-6-24)35(36(41,42)43,37(44,45)46)53-22-30-31(39)3-2-4-32(30)40/h2-12,23,27,47H,13-22H2,1H3. The summed E-state index contributed by atoms with van der Waals surface area (Å²) in [6.45, 7) is -1.28. The van der Waals surface area contributed by atoms with E-state index in [4.69, 9.17) is 0 Å². The van der Waals surface area contributed by atoms with Gasteiger partial charge in [-0.3, -0.25) is 9.59 Å². The van der Waals surface area contributed by atoms with Gasteiger partial charge in [-0.25, -0.2) is 21.6 Å². The van der Waals surface area contributed by atoms with E-state index in [2.05, 4.69) is 10.1 Å². The van der Waals surface area contributed by atoms with Crippen LogP contribution in [0.5, 0.6) is 0 Å². The Labute approximate surface area is 305 Å². The van der Waals surface area contributed by atoms with Crippen LogP contribution < -0.4 is 5.32 Å². The Balaban J connectivity index is 1.44. The molecule has 7 nitrogen and oxygen atoms in total. The number of nitrogens with zero attached hydrogens (tertiary/aromatic N) is 1. The third-order valence-corrected chi connectivity index (χ3v) is 13.0. The zero-order chi connectivity index (χ0) is 39.7. The van der Waals surface area contributed by atoms with Crippen LogP contribution >= 0.6 is 0 Å². The minimum atomic E-state index is -6.21. The molecule has 1 aliphatic heterocycles. The van der Waals surface area contributed by atoms with Gasteiger partial charge in [0.2, 0.25) is 5.91 Å². The summed E-state index contributed by atoms with van der Waals surface area (Å²) in [6.07, 6.45) is -11.5. The van der Waals surface area contributed by atoms with Gasteiger partial charge in [0, 0.05) is 43.6 Å². The molecule has 1 unspecified atom stereocenters. The Hall–Kier alpha value is -3.96. The zero-order valence-electron chi connectivity index (χ0n) is 28.9. The molecule has 1 atom stereocenters. The molecule has 1 aliphatic carbocycles. The number of hydrogen-bond acceptors (Lipinski definition) is 6. The summed E-state index contributed by atoms with van der Waals surface area (Å²) in [6, 6.07) is 8.05. The van der Waals surface area contributed by atoms with Gasteiger partial charge in [-0.1, -0.05) is 30.3 Å². The van der Waals surface area contributed by atoms with Crippen molar-refractivity contribution in [3.05, 3.63) is 101 Å².